The van der Waals surface area contributed by atoms with Crippen LogP contribution in [0.25, 0.3) is 15.0 Å². The number of fused-ring (bicyclic) bond motifs is 3. The molecule has 6 heteroatoms. The van der Waals surface area contributed by atoms with Gasteiger partial charge in [0.15, 0.2) is 0 Å². The smallest absolute Gasteiger partial charge is 0.343 e. The van der Waals surface area contributed by atoms with E-state index in [1.165, 1.54) is 21.8 Å². The summed E-state index contributed by atoms with van der Waals surface area (Å²) in [5, 5.41) is 9.28. The van der Waals surface area contributed by atoms with Gasteiger partial charge in [-0.05, 0) is 25.1 Å². The number of nitriles is 1. The van der Waals surface area contributed by atoms with Gasteiger partial charge in [-0.25, -0.2) is 4.79 Å². The van der Waals surface area contributed by atoms with E-state index in [1.807, 2.05) is 24.3 Å². The molecule has 0 radical (unpaired) electrons. The van der Waals surface area contributed by atoms with Crippen molar-refractivity contribution in [2.24, 2.45) is 0 Å². The van der Waals surface area contributed by atoms with Crippen molar-refractivity contribution >= 4 is 32.4 Å². The van der Waals surface area contributed by atoms with E-state index < -0.39 is 11.5 Å². The highest BCUT2D eigenvalue weighted by Gasteiger charge is 2.19. The largest absolute Gasteiger partial charge is 0.462 e. The van der Waals surface area contributed by atoms with E-state index >= 15 is 0 Å². The summed E-state index contributed by atoms with van der Waals surface area (Å²) < 4.78 is 7.18. The molecule has 21 heavy (non-hydrogen) atoms. The van der Waals surface area contributed by atoms with Gasteiger partial charge >= 0.3 is 5.97 Å². The Labute approximate surface area is 123 Å². The van der Waals surface area contributed by atoms with Gasteiger partial charge < -0.3 is 4.74 Å². The zero-order valence-corrected chi connectivity index (χ0v) is 11.9. The van der Waals surface area contributed by atoms with Gasteiger partial charge in [-0.3, -0.25) is 9.20 Å². The van der Waals surface area contributed by atoms with Gasteiger partial charge in [0.25, 0.3) is 5.56 Å². The van der Waals surface area contributed by atoms with Gasteiger partial charge in [0, 0.05) is 0 Å². The Morgan fingerprint density at radius 1 is 1.43 bits per heavy atom. The van der Waals surface area contributed by atoms with E-state index in [9.17, 15) is 14.9 Å². The van der Waals surface area contributed by atoms with E-state index in [1.54, 1.807) is 13.0 Å². The molecule has 0 aliphatic carbocycles. The number of hydrogen-bond acceptors (Lipinski definition) is 5. The standard InChI is InChI=1S/C15H10N2O3S/c1-2-20-15(19)10-7-9(8-16)14-17(13(10)18)11-5-3-4-6-12(11)21-14/h3-7H,2H2,1H3. The number of rotatable bonds is 2. The fourth-order valence-electron chi connectivity index (χ4n) is 2.19. The minimum atomic E-state index is -0.705. The highest BCUT2D eigenvalue weighted by atomic mass is 32.1. The molecule has 104 valence electrons. The van der Waals surface area contributed by atoms with Gasteiger partial charge in [-0.15, -0.1) is 11.3 Å². The molecule has 0 fully saturated rings. The summed E-state index contributed by atoms with van der Waals surface area (Å²) in [4.78, 5) is 25.0. The van der Waals surface area contributed by atoms with Crippen LogP contribution in [0.1, 0.15) is 22.8 Å². The third kappa shape index (κ3) is 1.99. The van der Waals surface area contributed by atoms with E-state index in [-0.39, 0.29) is 12.2 Å². The first kappa shape index (κ1) is 13.3. The number of aromatic nitrogens is 1. The van der Waals surface area contributed by atoms with Crippen molar-refractivity contribution in [3.63, 3.8) is 0 Å². The van der Waals surface area contributed by atoms with Gasteiger partial charge in [-0.2, -0.15) is 5.26 Å². The van der Waals surface area contributed by atoms with Crippen molar-refractivity contribution in [3.05, 3.63) is 51.8 Å². The van der Waals surface area contributed by atoms with E-state index in [0.717, 1.165) is 4.70 Å². The van der Waals surface area contributed by atoms with Crippen molar-refractivity contribution in [3.8, 4) is 6.07 Å². The molecular formula is C15H10N2O3S. The van der Waals surface area contributed by atoms with Crippen LogP contribution in [-0.2, 0) is 4.74 Å². The number of hydrogen-bond donors (Lipinski definition) is 0. The third-order valence-electron chi connectivity index (χ3n) is 3.08. The van der Waals surface area contributed by atoms with E-state index in [4.69, 9.17) is 4.74 Å². The average molecular weight is 298 g/mol. The first-order chi connectivity index (χ1) is 10.2. The molecule has 0 aliphatic heterocycles. The molecule has 2 heterocycles. The Morgan fingerprint density at radius 3 is 2.90 bits per heavy atom. The Balaban J connectivity index is 2.46. The fraction of sp³-hybridized carbons (Fsp3) is 0.133. The van der Waals surface area contributed by atoms with E-state index in [0.29, 0.717) is 15.9 Å². The Hall–Kier alpha value is -2.65. The van der Waals surface area contributed by atoms with Crippen LogP contribution in [0.5, 0.6) is 0 Å². The maximum absolute atomic E-state index is 12.5. The lowest BCUT2D eigenvalue weighted by Gasteiger charge is -2.03. The molecule has 2 aromatic heterocycles. The van der Waals surface area contributed by atoms with E-state index in [2.05, 4.69) is 0 Å². The van der Waals surface area contributed by atoms with Gasteiger partial charge in [0.1, 0.15) is 16.5 Å². The number of thiazole rings is 1. The molecule has 0 saturated heterocycles. The number of benzene rings is 1. The highest BCUT2D eigenvalue weighted by Crippen LogP contribution is 2.27. The van der Waals surface area contributed by atoms with Crippen LogP contribution in [0.15, 0.2) is 35.1 Å². The molecule has 0 atom stereocenters. The summed E-state index contributed by atoms with van der Waals surface area (Å²) in [5.41, 5.74) is 0.401. The van der Waals surface area contributed by atoms with Crippen molar-refractivity contribution in [1.29, 1.82) is 5.26 Å². The van der Waals surface area contributed by atoms with Crippen LogP contribution in [-0.4, -0.2) is 17.0 Å². The third-order valence-corrected chi connectivity index (χ3v) is 4.25. The zero-order chi connectivity index (χ0) is 15.0. The summed E-state index contributed by atoms with van der Waals surface area (Å²) in [6, 6.07) is 10.7. The normalized spacial score (nSPS) is 10.7. The molecule has 1 aromatic carbocycles. The molecule has 3 aromatic rings. The Bertz CT molecular complexity index is 963. The molecule has 0 spiro atoms. The number of carbonyl (C=O) groups is 1. The second-order valence-corrected chi connectivity index (χ2v) is 5.35. The van der Waals surface area contributed by atoms with Crippen molar-refractivity contribution in [1.82, 2.24) is 4.40 Å². The SMILES string of the molecule is CCOC(=O)c1cc(C#N)c2sc3ccccc3n2c1=O. The second-order valence-electron chi connectivity index (χ2n) is 4.32. The topological polar surface area (TPSA) is 71.6 Å². The Kier molecular flexibility index (Phi) is 3.20. The quantitative estimate of drug-likeness (QED) is 0.682. The number of carbonyl (C=O) groups excluding carboxylic acids is 1. The lowest BCUT2D eigenvalue weighted by atomic mass is 10.2. The van der Waals surface area contributed by atoms with Crippen LogP contribution in [0, 0.1) is 11.3 Å². The van der Waals surface area contributed by atoms with Crippen molar-refractivity contribution < 1.29 is 9.53 Å². The van der Waals surface area contributed by atoms with Crippen molar-refractivity contribution in [2.45, 2.75) is 6.92 Å². The molecule has 0 amide bonds. The lowest BCUT2D eigenvalue weighted by molar-refractivity contribution is 0.0524. The summed E-state index contributed by atoms with van der Waals surface area (Å²) in [6.45, 7) is 1.84. The van der Waals surface area contributed by atoms with Crippen LogP contribution in [0.4, 0.5) is 0 Å². The van der Waals surface area contributed by atoms with Crippen LogP contribution >= 0.6 is 11.3 Å². The number of para-hydroxylation sites is 1. The lowest BCUT2D eigenvalue weighted by Crippen LogP contribution is -2.23. The maximum atomic E-state index is 12.5. The van der Waals surface area contributed by atoms with Gasteiger partial charge in [0.05, 0.1) is 22.4 Å². The van der Waals surface area contributed by atoms with Gasteiger partial charge in [0.2, 0.25) is 0 Å². The molecule has 0 unspecified atom stereocenters. The maximum Gasteiger partial charge on any atom is 0.343 e. The van der Waals surface area contributed by atoms with Crippen LogP contribution < -0.4 is 5.56 Å². The fourth-order valence-corrected chi connectivity index (χ4v) is 3.29. The van der Waals surface area contributed by atoms with Crippen molar-refractivity contribution in [2.75, 3.05) is 6.61 Å². The molecule has 0 bridgehead atoms. The number of pyridine rings is 1. The molecule has 0 saturated carbocycles. The number of ether oxygens (including phenoxy) is 1. The second kappa shape index (κ2) is 5.04. The number of esters is 1. The minimum Gasteiger partial charge on any atom is -0.462 e. The monoisotopic (exact) mass is 298 g/mol. The van der Waals surface area contributed by atoms with Crippen LogP contribution in [0.2, 0.25) is 0 Å². The summed E-state index contributed by atoms with van der Waals surface area (Å²) in [5.74, 6) is -0.705. The molecule has 3 rings (SSSR count). The average Bonchev–Trinajstić information content (AvgIpc) is 2.88. The minimum absolute atomic E-state index is 0.116. The summed E-state index contributed by atoms with van der Waals surface area (Å²) in [7, 11) is 0. The predicted molar refractivity (Wildman–Crippen MR) is 79.7 cm³/mol. The molecule has 0 aliphatic rings. The number of nitrogens with zero attached hydrogens (tertiary/aromatic N) is 2. The Morgan fingerprint density at radius 2 is 2.19 bits per heavy atom. The van der Waals surface area contributed by atoms with Crippen LogP contribution in [0.3, 0.4) is 0 Å². The van der Waals surface area contributed by atoms with Gasteiger partial charge in [-0.1, -0.05) is 12.1 Å². The summed E-state index contributed by atoms with van der Waals surface area (Å²) in [6.07, 6.45) is 0. The molecule has 5 nitrogen and oxygen atoms in total. The molecule has 0 N–H and O–H groups in total. The summed E-state index contributed by atoms with van der Waals surface area (Å²) >= 11 is 1.35. The first-order valence-corrected chi connectivity index (χ1v) is 7.13. The zero-order valence-electron chi connectivity index (χ0n) is 11.1. The first-order valence-electron chi connectivity index (χ1n) is 6.32. The molecular weight excluding hydrogens is 288 g/mol. The highest BCUT2D eigenvalue weighted by molar-refractivity contribution is 7.24. The predicted octanol–water partition coefficient (Wildman–Crippen LogP) is 2.56.